The van der Waals surface area contributed by atoms with Gasteiger partial charge in [-0.25, -0.2) is 0 Å². The first-order chi connectivity index (χ1) is 5.78. The molecule has 0 aromatic rings. The molecule has 3 heteroatoms. The normalized spacial score (nSPS) is 35.0. The minimum Gasteiger partial charge on any atom is -0.378 e. The maximum absolute atomic E-state index is 9.74. The summed E-state index contributed by atoms with van der Waals surface area (Å²) in [6, 6.07) is 0. The van der Waals surface area contributed by atoms with Crippen molar-refractivity contribution in [1.29, 1.82) is 0 Å². The van der Waals surface area contributed by atoms with E-state index in [4.69, 9.17) is 4.74 Å². The van der Waals surface area contributed by atoms with Gasteiger partial charge in [0.2, 0.25) is 0 Å². The summed E-state index contributed by atoms with van der Waals surface area (Å²) in [4.78, 5) is 2.19. The molecule has 70 valence electrons. The Balaban J connectivity index is 2.09. The third-order valence-corrected chi connectivity index (χ3v) is 3.16. The summed E-state index contributed by atoms with van der Waals surface area (Å²) in [5.41, 5.74) is 0.201. The molecule has 2 heterocycles. The highest BCUT2D eigenvalue weighted by molar-refractivity contribution is 4.99. The summed E-state index contributed by atoms with van der Waals surface area (Å²) in [5.74, 6) is 0. The van der Waals surface area contributed by atoms with Crippen LogP contribution in [-0.4, -0.2) is 41.5 Å². The molecule has 1 atom stereocenters. The van der Waals surface area contributed by atoms with E-state index in [0.717, 1.165) is 32.6 Å². The van der Waals surface area contributed by atoms with Crippen molar-refractivity contribution < 1.29 is 9.84 Å². The van der Waals surface area contributed by atoms with Gasteiger partial charge in [-0.15, -0.1) is 0 Å². The lowest BCUT2D eigenvalue weighted by molar-refractivity contribution is -0.206. The molecule has 1 spiro atoms. The van der Waals surface area contributed by atoms with Crippen molar-refractivity contribution in [3.8, 4) is 0 Å². The van der Waals surface area contributed by atoms with Gasteiger partial charge in [0.1, 0.15) is 6.23 Å². The lowest BCUT2D eigenvalue weighted by Crippen LogP contribution is -2.66. The van der Waals surface area contributed by atoms with Gasteiger partial charge in [0.05, 0.1) is 18.8 Å². The van der Waals surface area contributed by atoms with Crippen molar-refractivity contribution >= 4 is 0 Å². The smallest absolute Gasteiger partial charge is 0.107 e. The second-order valence-electron chi connectivity index (χ2n) is 3.88. The molecule has 0 amide bonds. The molecule has 2 aliphatic rings. The van der Waals surface area contributed by atoms with Gasteiger partial charge in [-0.2, -0.15) is 0 Å². The van der Waals surface area contributed by atoms with Crippen molar-refractivity contribution in [2.75, 3.05) is 19.8 Å². The van der Waals surface area contributed by atoms with Crippen LogP contribution in [0.1, 0.15) is 26.2 Å². The predicted octanol–water partition coefficient (Wildman–Crippen LogP) is 0.580. The van der Waals surface area contributed by atoms with Crippen LogP contribution in [-0.2, 0) is 4.74 Å². The maximum Gasteiger partial charge on any atom is 0.107 e. The van der Waals surface area contributed by atoms with E-state index in [9.17, 15) is 5.11 Å². The third kappa shape index (κ3) is 1.08. The monoisotopic (exact) mass is 171 g/mol. The zero-order valence-corrected chi connectivity index (χ0v) is 7.62. The van der Waals surface area contributed by atoms with E-state index in [0.29, 0.717) is 0 Å². The van der Waals surface area contributed by atoms with Crippen LogP contribution < -0.4 is 0 Å². The first-order valence-corrected chi connectivity index (χ1v) is 4.81. The topological polar surface area (TPSA) is 32.7 Å². The molecule has 2 aliphatic heterocycles. The molecule has 1 N–H and O–H groups in total. The standard InChI is InChI=1S/C9H17NO2/c1-2-10-8(11)4-3-5-9(10)6-12-7-9/h8,11H,2-7H2,1H3. The molecular formula is C9H17NO2. The summed E-state index contributed by atoms with van der Waals surface area (Å²) in [6.45, 7) is 4.68. The molecule has 2 fully saturated rings. The van der Waals surface area contributed by atoms with Crippen molar-refractivity contribution in [3.05, 3.63) is 0 Å². The number of likely N-dealkylation sites (N-methyl/N-ethyl adjacent to an activating group) is 1. The van der Waals surface area contributed by atoms with Crippen LogP contribution in [0.4, 0.5) is 0 Å². The SMILES string of the molecule is CCN1C(O)CCCC12COC2. The highest BCUT2D eigenvalue weighted by atomic mass is 16.5. The number of hydrogen-bond acceptors (Lipinski definition) is 3. The molecule has 3 nitrogen and oxygen atoms in total. The average Bonchev–Trinajstić information content (AvgIpc) is 2.01. The van der Waals surface area contributed by atoms with Gasteiger partial charge in [-0.3, -0.25) is 4.90 Å². The quantitative estimate of drug-likeness (QED) is 0.626. The van der Waals surface area contributed by atoms with Crippen molar-refractivity contribution in [3.63, 3.8) is 0 Å². The van der Waals surface area contributed by atoms with Crippen LogP contribution in [0, 0.1) is 0 Å². The van der Waals surface area contributed by atoms with E-state index in [1.165, 1.54) is 6.42 Å². The molecular weight excluding hydrogens is 154 g/mol. The Morgan fingerprint density at radius 2 is 2.33 bits per heavy atom. The van der Waals surface area contributed by atoms with Crippen molar-refractivity contribution in [2.45, 2.75) is 38.0 Å². The Morgan fingerprint density at radius 3 is 2.75 bits per heavy atom. The van der Waals surface area contributed by atoms with Crippen molar-refractivity contribution in [1.82, 2.24) is 4.90 Å². The number of likely N-dealkylation sites (tertiary alicyclic amines) is 1. The second kappa shape index (κ2) is 2.98. The fraction of sp³-hybridized carbons (Fsp3) is 1.00. The Labute approximate surface area is 73.3 Å². The lowest BCUT2D eigenvalue weighted by Gasteiger charge is -2.54. The number of rotatable bonds is 1. The molecule has 0 aliphatic carbocycles. The average molecular weight is 171 g/mol. The van der Waals surface area contributed by atoms with Crippen molar-refractivity contribution in [2.24, 2.45) is 0 Å². The van der Waals surface area contributed by atoms with Gasteiger partial charge in [-0.1, -0.05) is 6.92 Å². The first kappa shape index (κ1) is 8.48. The van der Waals surface area contributed by atoms with Gasteiger partial charge in [0.15, 0.2) is 0 Å². The largest absolute Gasteiger partial charge is 0.378 e. The minimum absolute atomic E-state index is 0.201. The van der Waals surface area contributed by atoms with E-state index in [1.807, 2.05) is 0 Å². The van der Waals surface area contributed by atoms with Crippen LogP contribution in [0.3, 0.4) is 0 Å². The van der Waals surface area contributed by atoms with E-state index in [1.54, 1.807) is 0 Å². The van der Waals surface area contributed by atoms with Crippen LogP contribution in [0.25, 0.3) is 0 Å². The number of nitrogens with zero attached hydrogens (tertiary/aromatic N) is 1. The number of hydrogen-bond donors (Lipinski definition) is 1. The highest BCUT2D eigenvalue weighted by Gasteiger charge is 2.47. The molecule has 2 saturated heterocycles. The van der Waals surface area contributed by atoms with Gasteiger partial charge in [0, 0.05) is 0 Å². The summed E-state index contributed by atoms with van der Waals surface area (Å²) >= 11 is 0. The first-order valence-electron chi connectivity index (χ1n) is 4.81. The molecule has 0 aromatic carbocycles. The molecule has 0 aromatic heterocycles. The molecule has 1 unspecified atom stereocenters. The molecule has 2 rings (SSSR count). The predicted molar refractivity (Wildman–Crippen MR) is 45.8 cm³/mol. The van der Waals surface area contributed by atoms with Gasteiger partial charge in [0.25, 0.3) is 0 Å². The molecule has 0 saturated carbocycles. The zero-order valence-electron chi connectivity index (χ0n) is 7.62. The summed E-state index contributed by atoms with van der Waals surface area (Å²) in [5, 5.41) is 9.74. The number of aliphatic hydroxyl groups excluding tert-OH is 1. The van der Waals surface area contributed by atoms with Crippen LogP contribution in [0.15, 0.2) is 0 Å². The van der Waals surface area contributed by atoms with Gasteiger partial charge in [-0.05, 0) is 25.8 Å². The Hall–Kier alpha value is -0.120. The summed E-state index contributed by atoms with van der Waals surface area (Å²) in [7, 11) is 0. The zero-order chi connectivity index (χ0) is 8.60. The number of aliphatic hydroxyl groups is 1. The minimum atomic E-state index is -0.229. The van der Waals surface area contributed by atoms with E-state index >= 15 is 0 Å². The van der Waals surface area contributed by atoms with E-state index in [2.05, 4.69) is 11.8 Å². The fourth-order valence-electron chi connectivity index (χ4n) is 2.42. The Morgan fingerprint density at radius 1 is 1.58 bits per heavy atom. The van der Waals surface area contributed by atoms with Gasteiger partial charge < -0.3 is 9.84 Å². The third-order valence-electron chi connectivity index (χ3n) is 3.16. The molecule has 0 bridgehead atoms. The Bertz CT molecular complexity index is 168. The molecule has 12 heavy (non-hydrogen) atoms. The highest BCUT2D eigenvalue weighted by Crippen LogP contribution is 2.36. The number of ether oxygens (including phenoxy) is 1. The fourth-order valence-corrected chi connectivity index (χ4v) is 2.42. The summed E-state index contributed by atoms with van der Waals surface area (Å²) in [6.07, 6.45) is 3.03. The van der Waals surface area contributed by atoms with Crippen LogP contribution >= 0.6 is 0 Å². The Kier molecular flexibility index (Phi) is 2.10. The van der Waals surface area contributed by atoms with E-state index < -0.39 is 0 Å². The second-order valence-corrected chi connectivity index (χ2v) is 3.88. The molecule has 0 radical (unpaired) electrons. The van der Waals surface area contributed by atoms with E-state index in [-0.39, 0.29) is 11.8 Å². The lowest BCUT2D eigenvalue weighted by atomic mass is 9.84. The number of piperidine rings is 1. The maximum atomic E-state index is 9.74. The van der Waals surface area contributed by atoms with Gasteiger partial charge >= 0.3 is 0 Å². The van der Waals surface area contributed by atoms with Crippen LogP contribution in [0.2, 0.25) is 0 Å². The summed E-state index contributed by atoms with van der Waals surface area (Å²) < 4.78 is 5.24. The van der Waals surface area contributed by atoms with Crippen LogP contribution in [0.5, 0.6) is 0 Å².